The van der Waals surface area contributed by atoms with E-state index in [2.05, 4.69) is 20.9 Å². The molecule has 116 valence electrons. The number of aromatic nitrogens is 2. The van der Waals surface area contributed by atoms with Crippen LogP contribution >= 0.6 is 11.6 Å². The highest BCUT2D eigenvalue weighted by Gasteiger charge is 2.20. The molecular weight excluding hydrogens is 300 g/mol. The Bertz CT molecular complexity index is 707. The van der Waals surface area contributed by atoms with Crippen molar-refractivity contribution in [2.24, 2.45) is 0 Å². The van der Waals surface area contributed by atoms with Crippen LogP contribution in [0.4, 0.5) is 11.5 Å². The smallest absolute Gasteiger partial charge is 0.293 e. The van der Waals surface area contributed by atoms with Crippen LogP contribution in [0.1, 0.15) is 6.92 Å². The van der Waals surface area contributed by atoms with Gasteiger partial charge in [-0.15, -0.1) is 0 Å². The first kappa shape index (κ1) is 14.9. The van der Waals surface area contributed by atoms with Gasteiger partial charge in [-0.05, 0) is 25.1 Å². The molecule has 2 aromatic rings. The summed E-state index contributed by atoms with van der Waals surface area (Å²) in [5.74, 6) is 0.551. The van der Waals surface area contributed by atoms with E-state index < -0.39 is 0 Å². The van der Waals surface area contributed by atoms with Crippen LogP contribution in [0, 0.1) is 0 Å². The van der Waals surface area contributed by atoms with E-state index in [1.54, 1.807) is 17.0 Å². The fourth-order valence-electron chi connectivity index (χ4n) is 2.75. The van der Waals surface area contributed by atoms with Crippen LogP contribution in [0.3, 0.4) is 0 Å². The zero-order valence-corrected chi connectivity index (χ0v) is 13.3. The first-order valence-corrected chi connectivity index (χ1v) is 7.87. The molecule has 0 atom stereocenters. The first-order valence-electron chi connectivity index (χ1n) is 7.50. The lowest BCUT2D eigenvalue weighted by atomic mass is 10.2. The van der Waals surface area contributed by atoms with Gasteiger partial charge in [0.1, 0.15) is 0 Å². The number of rotatable bonds is 3. The third kappa shape index (κ3) is 2.95. The van der Waals surface area contributed by atoms with Gasteiger partial charge in [0, 0.05) is 55.8 Å². The summed E-state index contributed by atoms with van der Waals surface area (Å²) < 4.78 is 1.69. The molecule has 6 heteroatoms. The summed E-state index contributed by atoms with van der Waals surface area (Å²) in [6.45, 7) is 5.88. The topological polar surface area (TPSA) is 41.4 Å². The van der Waals surface area contributed by atoms with Gasteiger partial charge in [0.2, 0.25) is 0 Å². The number of aryl methyl sites for hydroxylation is 1. The maximum absolute atomic E-state index is 12.3. The predicted octanol–water partition coefficient (Wildman–Crippen LogP) is 2.24. The summed E-state index contributed by atoms with van der Waals surface area (Å²) in [5.41, 5.74) is 1.11. The molecule has 0 bridgehead atoms. The van der Waals surface area contributed by atoms with Crippen molar-refractivity contribution in [2.45, 2.75) is 13.5 Å². The number of nitrogens with zero attached hydrogens (tertiary/aromatic N) is 4. The minimum Gasteiger partial charge on any atom is -0.368 e. The lowest BCUT2D eigenvalue weighted by Gasteiger charge is -2.36. The van der Waals surface area contributed by atoms with Crippen molar-refractivity contribution in [3.63, 3.8) is 0 Å². The summed E-state index contributed by atoms with van der Waals surface area (Å²) in [5, 5.41) is 0.746. The van der Waals surface area contributed by atoms with Crippen molar-refractivity contribution in [3.05, 3.63) is 52.0 Å². The standard InChI is InChI=1S/C16H19ClN4O/c1-2-19-7-6-18-15(16(19)22)21-10-8-20(9-11-21)14-5-3-4-13(17)12-14/h3-7,12H,2,8-11H2,1H3. The molecule has 1 fully saturated rings. The van der Waals surface area contributed by atoms with Gasteiger partial charge in [0.15, 0.2) is 5.82 Å². The van der Waals surface area contributed by atoms with Crippen molar-refractivity contribution in [3.8, 4) is 0 Å². The zero-order chi connectivity index (χ0) is 15.5. The molecule has 0 aliphatic carbocycles. The molecule has 3 rings (SSSR count). The number of anilines is 2. The molecule has 22 heavy (non-hydrogen) atoms. The molecule has 0 saturated carbocycles. The van der Waals surface area contributed by atoms with Crippen LogP contribution in [-0.4, -0.2) is 35.7 Å². The summed E-state index contributed by atoms with van der Waals surface area (Å²) in [4.78, 5) is 20.9. The molecule has 2 heterocycles. The molecule has 1 aromatic heterocycles. The number of halogens is 1. The Morgan fingerprint density at radius 2 is 1.91 bits per heavy atom. The third-order valence-corrected chi connectivity index (χ3v) is 4.22. The molecule has 0 spiro atoms. The monoisotopic (exact) mass is 318 g/mol. The van der Waals surface area contributed by atoms with Gasteiger partial charge in [-0.25, -0.2) is 4.98 Å². The Hall–Kier alpha value is -2.01. The minimum absolute atomic E-state index is 0.0128. The number of hydrogen-bond acceptors (Lipinski definition) is 4. The second-order valence-electron chi connectivity index (χ2n) is 5.30. The van der Waals surface area contributed by atoms with Gasteiger partial charge >= 0.3 is 0 Å². The van der Waals surface area contributed by atoms with E-state index in [0.717, 1.165) is 36.9 Å². The second kappa shape index (κ2) is 6.40. The van der Waals surface area contributed by atoms with Crippen molar-refractivity contribution in [1.82, 2.24) is 9.55 Å². The Morgan fingerprint density at radius 3 is 2.59 bits per heavy atom. The third-order valence-electron chi connectivity index (χ3n) is 3.99. The Morgan fingerprint density at radius 1 is 1.18 bits per heavy atom. The number of hydrogen-bond donors (Lipinski definition) is 0. The van der Waals surface area contributed by atoms with E-state index in [1.165, 1.54) is 0 Å². The van der Waals surface area contributed by atoms with Gasteiger partial charge in [0.25, 0.3) is 5.56 Å². The van der Waals surface area contributed by atoms with Crippen LogP contribution in [0.5, 0.6) is 0 Å². The van der Waals surface area contributed by atoms with Gasteiger partial charge in [0.05, 0.1) is 0 Å². The van der Waals surface area contributed by atoms with Crippen LogP contribution in [0.2, 0.25) is 5.02 Å². The molecule has 0 radical (unpaired) electrons. The average Bonchev–Trinajstić information content (AvgIpc) is 2.55. The highest BCUT2D eigenvalue weighted by molar-refractivity contribution is 6.30. The van der Waals surface area contributed by atoms with Gasteiger partial charge in [-0.1, -0.05) is 17.7 Å². The van der Waals surface area contributed by atoms with Gasteiger partial charge in [-0.3, -0.25) is 4.79 Å². The van der Waals surface area contributed by atoms with Gasteiger partial charge < -0.3 is 14.4 Å². The van der Waals surface area contributed by atoms with Crippen LogP contribution in [0.25, 0.3) is 0 Å². The molecule has 1 aliphatic rings. The van der Waals surface area contributed by atoms with Crippen molar-refractivity contribution in [2.75, 3.05) is 36.0 Å². The van der Waals surface area contributed by atoms with Gasteiger partial charge in [-0.2, -0.15) is 0 Å². The molecule has 5 nitrogen and oxygen atoms in total. The molecular formula is C16H19ClN4O. The van der Waals surface area contributed by atoms with Crippen LogP contribution < -0.4 is 15.4 Å². The Labute approximate surface area is 134 Å². The predicted molar refractivity (Wildman–Crippen MR) is 90.0 cm³/mol. The van der Waals surface area contributed by atoms with E-state index in [9.17, 15) is 4.79 Å². The van der Waals surface area contributed by atoms with E-state index in [-0.39, 0.29) is 5.56 Å². The van der Waals surface area contributed by atoms with Crippen LogP contribution in [-0.2, 0) is 6.54 Å². The minimum atomic E-state index is -0.0128. The van der Waals surface area contributed by atoms with Crippen LogP contribution in [0.15, 0.2) is 41.5 Å². The van der Waals surface area contributed by atoms with E-state index in [4.69, 9.17) is 11.6 Å². The molecule has 1 aliphatic heterocycles. The highest BCUT2D eigenvalue weighted by atomic mass is 35.5. The summed E-state index contributed by atoms with van der Waals surface area (Å²) in [6.07, 6.45) is 3.43. The Kier molecular flexibility index (Phi) is 4.34. The van der Waals surface area contributed by atoms with Crippen molar-refractivity contribution >= 4 is 23.1 Å². The Balaban J connectivity index is 1.73. The lowest BCUT2D eigenvalue weighted by Crippen LogP contribution is -2.48. The second-order valence-corrected chi connectivity index (χ2v) is 5.73. The largest absolute Gasteiger partial charge is 0.368 e. The lowest BCUT2D eigenvalue weighted by molar-refractivity contribution is 0.632. The first-order chi connectivity index (χ1) is 10.7. The summed E-state index contributed by atoms with van der Waals surface area (Å²) in [6, 6.07) is 7.87. The van der Waals surface area contributed by atoms with E-state index in [0.29, 0.717) is 12.4 Å². The zero-order valence-electron chi connectivity index (χ0n) is 12.6. The number of piperazine rings is 1. The maximum atomic E-state index is 12.3. The summed E-state index contributed by atoms with van der Waals surface area (Å²) in [7, 11) is 0. The average molecular weight is 319 g/mol. The molecule has 1 aromatic carbocycles. The fourth-order valence-corrected chi connectivity index (χ4v) is 2.94. The molecule has 0 unspecified atom stereocenters. The normalized spacial score (nSPS) is 15.2. The molecule has 1 saturated heterocycles. The van der Waals surface area contributed by atoms with Crippen molar-refractivity contribution in [1.29, 1.82) is 0 Å². The molecule has 0 amide bonds. The molecule has 0 N–H and O–H groups in total. The van der Waals surface area contributed by atoms with E-state index >= 15 is 0 Å². The highest BCUT2D eigenvalue weighted by Crippen LogP contribution is 2.21. The van der Waals surface area contributed by atoms with Crippen molar-refractivity contribution < 1.29 is 0 Å². The van der Waals surface area contributed by atoms with E-state index in [1.807, 2.05) is 25.1 Å². The quantitative estimate of drug-likeness (QED) is 0.870. The SMILES string of the molecule is CCn1ccnc(N2CCN(c3cccc(Cl)c3)CC2)c1=O. The maximum Gasteiger partial charge on any atom is 0.293 e. The summed E-state index contributed by atoms with van der Waals surface area (Å²) >= 11 is 6.05. The number of benzene rings is 1. The fraction of sp³-hybridized carbons (Fsp3) is 0.375.